The van der Waals surface area contributed by atoms with Crippen LogP contribution in [-0.4, -0.2) is 27.3 Å². The standard InChI is InChI=1S/C26H25N3O2/c1-19(30)23(16-20-10-4-2-5-11-20)28-26(31)18-29-24-15-9-8-14-22(24)27-25(29)17-21-12-6-3-7-13-21/h2-15,23H,16-18H2,1H3,(H,28,31). The van der Waals surface area contributed by atoms with Gasteiger partial charge in [0, 0.05) is 6.42 Å². The van der Waals surface area contributed by atoms with Crippen LogP contribution >= 0.6 is 0 Å². The highest BCUT2D eigenvalue weighted by atomic mass is 16.2. The maximum absolute atomic E-state index is 13.0. The Hall–Kier alpha value is -3.73. The molecule has 1 aromatic heterocycles. The van der Waals surface area contributed by atoms with Crippen molar-refractivity contribution >= 4 is 22.7 Å². The van der Waals surface area contributed by atoms with Gasteiger partial charge in [-0.1, -0.05) is 72.8 Å². The lowest BCUT2D eigenvalue weighted by molar-refractivity contribution is -0.127. The van der Waals surface area contributed by atoms with E-state index >= 15 is 0 Å². The highest BCUT2D eigenvalue weighted by Crippen LogP contribution is 2.18. The van der Waals surface area contributed by atoms with Crippen molar-refractivity contribution in [2.24, 2.45) is 0 Å². The lowest BCUT2D eigenvalue weighted by Gasteiger charge is -2.17. The van der Waals surface area contributed by atoms with Gasteiger partial charge in [0.1, 0.15) is 12.4 Å². The van der Waals surface area contributed by atoms with Gasteiger partial charge in [-0.05, 0) is 36.6 Å². The number of carbonyl (C=O) groups excluding carboxylic acids is 2. The summed E-state index contributed by atoms with van der Waals surface area (Å²) in [7, 11) is 0. The molecular weight excluding hydrogens is 386 g/mol. The Balaban J connectivity index is 1.56. The quantitative estimate of drug-likeness (QED) is 0.478. The lowest BCUT2D eigenvalue weighted by Crippen LogP contribution is -2.43. The van der Waals surface area contributed by atoms with Gasteiger partial charge < -0.3 is 9.88 Å². The van der Waals surface area contributed by atoms with Crippen LogP contribution < -0.4 is 5.32 Å². The molecule has 0 aliphatic rings. The van der Waals surface area contributed by atoms with Crippen LogP contribution in [0, 0.1) is 0 Å². The minimum Gasteiger partial charge on any atom is -0.344 e. The molecule has 1 unspecified atom stereocenters. The summed E-state index contributed by atoms with van der Waals surface area (Å²) in [4.78, 5) is 29.9. The summed E-state index contributed by atoms with van der Waals surface area (Å²) in [6.07, 6.45) is 1.10. The molecule has 4 aromatic rings. The first-order valence-electron chi connectivity index (χ1n) is 10.4. The number of benzene rings is 3. The molecule has 4 rings (SSSR count). The predicted octanol–water partition coefficient (Wildman–Crippen LogP) is 3.94. The van der Waals surface area contributed by atoms with E-state index in [1.54, 1.807) is 0 Å². The van der Waals surface area contributed by atoms with Gasteiger partial charge in [0.05, 0.1) is 17.1 Å². The Morgan fingerprint density at radius 3 is 2.16 bits per heavy atom. The zero-order valence-electron chi connectivity index (χ0n) is 17.5. The summed E-state index contributed by atoms with van der Waals surface area (Å²) >= 11 is 0. The number of fused-ring (bicyclic) bond motifs is 1. The molecule has 1 N–H and O–H groups in total. The largest absolute Gasteiger partial charge is 0.344 e. The monoisotopic (exact) mass is 411 g/mol. The molecule has 0 saturated carbocycles. The third kappa shape index (κ3) is 5.07. The normalized spacial score (nSPS) is 11.9. The van der Waals surface area contributed by atoms with Crippen molar-refractivity contribution in [2.75, 3.05) is 0 Å². The van der Waals surface area contributed by atoms with Gasteiger partial charge in [0.15, 0.2) is 5.78 Å². The molecule has 0 saturated heterocycles. The molecule has 1 atom stereocenters. The van der Waals surface area contributed by atoms with Crippen molar-refractivity contribution in [1.82, 2.24) is 14.9 Å². The Bertz CT molecular complexity index is 1180. The molecular formula is C26H25N3O2. The molecule has 0 bridgehead atoms. The number of nitrogens with zero attached hydrogens (tertiary/aromatic N) is 2. The van der Waals surface area contributed by atoms with Gasteiger partial charge >= 0.3 is 0 Å². The summed E-state index contributed by atoms with van der Waals surface area (Å²) < 4.78 is 1.94. The third-order valence-corrected chi connectivity index (χ3v) is 5.35. The summed E-state index contributed by atoms with van der Waals surface area (Å²) in [5, 5.41) is 2.92. The van der Waals surface area contributed by atoms with Gasteiger partial charge in [-0.2, -0.15) is 0 Å². The summed E-state index contributed by atoms with van der Waals surface area (Å²) in [5.74, 6) is 0.566. The van der Waals surface area contributed by atoms with Crippen LogP contribution in [-0.2, 0) is 29.0 Å². The van der Waals surface area contributed by atoms with Crippen LogP contribution in [0.4, 0.5) is 0 Å². The van der Waals surface area contributed by atoms with E-state index in [9.17, 15) is 9.59 Å². The first-order valence-corrected chi connectivity index (χ1v) is 10.4. The third-order valence-electron chi connectivity index (χ3n) is 5.35. The van der Waals surface area contributed by atoms with Gasteiger partial charge in [-0.3, -0.25) is 9.59 Å². The van der Waals surface area contributed by atoms with Crippen molar-refractivity contribution in [2.45, 2.75) is 32.4 Å². The number of para-hydroxylation sites is 2. The number of Topliss-reactive ketones (excluding diaryl/α,β-unsaturated/α-hetero) is 1. The van der Waals surface area contributed by atoms with Crippen LogP contribution in [0.1, 0.15) is 23.9 Å². The molecule has 3 aromatic carbocycles. The minimum absolute atomic E-state index is 0.0581. The number of aromatic nitrogens is 2. The van der Waals surface area contributed by atoms with Gasteiger partial charge in [0.25, 0.3) is 0 Å². The Morgan fingerprint density at radius 2 is 1.48 bits per heavy atom. The zero-order valence-corrected chi connectivity index (χ0v) is 17.5. The van der Waals surface area contributed by atoms with Gasteiger partial charge in [-0.25, -0.2) is 4.98 Å². The fourth-order valence-corrected chi connectivity index (χ4v) is 3.74. The number of hydrogen-bond acceptors (Lipinski definition) is 3. The topological polar surface area (TPSA) is 64.0 Å². The van der Waals surface area contributed by atoms with Crippen molar-refractivity contribution in [1.29, 1.82) is 0 Å². The molecule has 156 valence electrons. The van der Waals surface area contributed by atoms with Crippen LogP contribution in [0.2, 0.25) is 0 Å². The van der Waals surface area contributed by atoms with Crippen molar-refractivity contribution < 1.29 is 9.59 Å². The number of ketones is 1. The van der Waals surface area contributed by atoms with E-state index in [2.05, 4.69) is 17.4 Å². The molecule has 1 amide bonds. The Labute approximate surface area is 181 Å². The van der Waals surface area contributed by atoms with E-state index in [-0.39, 0.29) is 18.2 Å². The summed E-state index contributed by atoms with van der Waals surface area (Å²) in [6, 6.07) is 27.0. The van der Waals surface area contributed by atoms with Crippen LogP contribution in [0.25, 0.3) is 11.0 Å². The smallest absolute Gasteiger partial charge is 0.240 e. The fraction of sp³-hybridized carbons (Fsp3) is 0.192. The average molecular weight is 412 g/mol. The molecule has 0 aliphatic carbocycles. The van der Waals surface area contributed by atoms with E-state index in [0.717, 1.165) is 28.0 Å². The second kappa shape index (κ2) is 9.39. The summed E-state index contributed by atoms with van der Waals surface area (Å²) in [5.41, 5.74) is 3.91. The highest BCUT2D eigenvalue weighted by molar-refractivity contribution is 5.88. The van der Waals surface area contributed by atoms with Crippen LogP contribution in [0.3, 0.4) is 0 Å². The molecule has 0 spiro atoms. The van der Waals surface area contributed by atoms with E-state index in [1.165, 1.54) is 6.92 Å². The minimum atomic E-state index is -0.553. The van der Waals surface area contributed by atoms with E-state index < -0.39 is 6.04 Å². The number of hydrogen-bond donors (Lipinski definition) is 1. The highest BCUT2D eigenvalue weighted by Gasteiger charge is 2.20. The van der Waals surface area contributed by atoms with Crippen molar-refractivity contribution in [3.63, 3.8) is 0 Å². The fourth-order valence-electron chi connectivity index (χ4n) is 3.74. The van der Waals surface area contributed by atoms with E-state index in [4.69, 9.17) is 4.98 Å². The van der Waals surface area contributed by atoms with Crippen LogP contribution in [0.5, 0.6) is 0 Å². The number of amides is 1. The van der Waals surface area contributed by atoms with Crippen molar-refractivity contribution in [3.05, 3.63) is 102 Å². The van der Waals surface area contributed by atoms with Gasteiger partial charge in [0.2, 0.25) is 5.91 Å². The zero-order chi connectivity index (χ0) is 21.6. The SMILES string of the molecule is CC(=O)C(Cc1ccccc1)NC(=O)Cn1c(Cc2ccccc2)nc2ccccc21. The second-order valence-electron chi connectivity index (χ2n) is 7.69. The maximum Gasteiger partial charge on any atom is 0.240 e. The number of rotatable bonds is 8. The molecule has 5 heteroatoms. The maximum atomic E-state index is 13.0. The molecule has 0 aliphatic heterocycles. The summed E-state index contributed by atoms with van der Waals surface area (Å²) in [6.45, 7) is 1.63. The number of imidazole rings is 1. The average Bonchev–Trinajstić information content (AvgIpc) is 3.11. The van der Waals surface area contributed by atoms with E-state index in [1.807, 2.05) is 77.4 Å². The molecule has 5 nitrogen and oxygen atoms in total. The number of carbonyl (C=O) groups is 2. The predicted molar refractivity (Wildman–Crippen MR) is 122 cm³/mol. The lowest BCUT2D eigenvalue weighted by atomic mass is 10.0. The first-order chi connectivity index (χ1) is 15.1. The Morgan fingerprint density at radius 1 is 0.871 bits per heavy atom. The molecule has 0 fully saturated rings. The first kappa shape index (κ1) is 20.5. The molecule has 31 heavy (non-hydrogen) atoms. The molecule has 0 radical (unpaired) electrons. The van der Waals surface area contributed by atoms with Crippen LogP contribution in [0.15, 0.2) is 84.9 Å². The number of nitrogens with one attached hydrogen (secondary N) is 1. The van der Waals surface area contributed by atoms with Crippen molar-refractivity contribution in [3.8, 4) is 0 Å². The van der Waals surface area contributed by atoms with Gasteiger partial charge in [-0.15, -0.1) is 0 Å². The Kier molecular flexibility index (Phi) is 6.22. The molecule has 1 heterocycles. The van der Waals surface area contributed by atoms with E-state index in [0.29, 0.717) is 12.8 Å². The second-order valence-corrected chi connectivity index (χ2v) is 7.69.